The second kappa shape index (κ2) is 2.06. The quantitative estimate of drug-likeness (QED) is 0.396. The molecule has 48 valence electrons. The Morgan fingerprint density at radius 3 is 2.56 bits per heavy atom. The van der Waals surface area contributed by atoms with Crippen molar-refractivity contribution in [3.8, 4) is 0 Å². The van der Waals surface area contributed by atoms with Gasteiger partial charge in [-0.25, -0.2) is 0 Å². The van der Waals surface area contributed by atoms with Crippen LogP contribution in [0.2, 0.25) is 0 Å². The zero-order chi connectivity index (χ0) is 6.85. The van der Waals surface area contributed by atoms with Crippen molar-refractivity contribution in [1.82, 2.24) is 0 Å². The first kappa shape index (κ1) is 6.10. The van der Waals surface area contributed by atoms with Crippen LogP contribution in [0.3, 0.4) is 0 Å². The number of rotatable bonds is 1. The van der Waals surface area contributed by atoms with Crippen LogP contribution in [-0.2, 0) is 0 Å². The number of anilines is 1. The molecule has 0 fully saturated rings. The summed E-state index contributed by atoms with van der Waals surface area (Å²) in [6.45, 7) is 0. The van der Waals surface area contributed by atoms with Crippen LogP contribution in [0.5, 0.6) is 0 Å². The predicted octanol–water partition coefficient (Wildman–Crippen LogP) is 0.614. The molecule has 1 aromatic rings. The fourth-order valence-electron chi connectivity index (χ4n) is 0.538. The summed E-state index contributed by atoms with van der Waals surface area (Å²) in [6, 6.07) is 1.74. The van der Waals surface area contributed by atoms with Crippen molar-refractivity contribution >= 4 is 22.9 Å². The SMILES string of the molecule is N=C(N)c1sccc1N. The van der Waals surface area contributed by atoms with Gasteiger partial charge in [0.1, 0.15) is 5.84 Å². The molecule has 0 spiro atoms. The Kier molecular flexibility index (Phi) is 1.40. The lowest BCUT2D eigenvalue weighted by Crippen LogP contribution is -2.10. The minimum Gasteiger partial charge on any atom is -0.397 e. The normalized spacial score (nSPS) is 9.33. The van der Waals surface area contributed by atoms with Gasteiger partial charge in [0.15, 0.2) is 0 Å². The Morgan fingerprint density at radius 1 is 1.67 bits per heavy atom. The topological polar surface area (TPSA) is 75.9 Å². The minimum absolute atomic E-state index is 0.0440. The van der Waals surface area contributed by atoms with E-state index >= 15 is 0 Å². The minimum atomic E-state index is 0.0440. The molecule has 0 amide bonds. The van der Waals surface area contributed by atoms with Crippen LogP contribution in [0.4, 0.5) is 5.69 Å². The summed E-state index contributed by atoms with van der Waals surface area (Å²) < 4.78 is 0. The molecule has 9 heavy (non-hydrogen) atoms. The van der Waals surface area contributed by atoms with Crippen LogP contribution in [0.1, 0.15) is 4.88 Å². The van der Waals surface area contributed by atoms with Crippen LogP contribution in [-0.4, -0.2) is 5.84 Å². The van der Waals surface area contributed by atoms with E-state index in [4.69, 9.17) is 16.9 Å². The highest BCUT2D eigenvalue weighted by atomic mass is 32.1. The molecule has 0 aliphatic carbocycles. The summed E-state index contributed by atoms with van der Waals surface area (Å²) >= 11 is 1.38. The van der Waals surface area contributed by atoms with Crippen molar-refractivity contribution < 1.29 is 0 Å². The fourth-order valence-corrected chi connectivity index (χ4v) is 1.22. The zero-order valence-electron chi connectivity index (χ0n) is 4.72. The van der Waals surface area contributed by atoms with Crippen LogP contribution in [0, 0.1) is 5.41 Å². The summed E-state index contributed by atoms with van der Waals surface area (Å²) in [7, 11) is 0. The van der Waals surface area contributed by atoms with Gasteiger partial charge in [0.05, 0.1) is 10.6 Å². The van der Waals surface area contributed by atoms with Crippen LogP contribution in [0.15, 0.2) is 11.4 Å². The Morgan fingerprint density at radius 2 is 2.33 bits per heavy atom. The highest BCUT2D eigenvalue weighted by Gasteiger charge is 2.00. The Bertz CT molecular complexity index is 228. The molecule has 3 nitrogen and oxygen atoms in total. The van der Waals surface area contributed by atoms with Crippen molar-refractivity contribution in [2.75, 3.05) is 5.73 Å². The third-order valence-electron chi connectivity index (χ3n) is 0.940. The van der Waals surface area contributed by atoms with E-state index in [1.807, 2.05) is 5.38 Å². The molecule has 0 saturated heterocycles. The summed E-state index contributed by atoms with van der Waals surface area (Å²) in [4.78, 5) is 0.662. The summed E-state index contributed by atoms with van der Waals surface area (Å²) in [5.41, 5.74) is 11.2. The maximum atomic E-state index is 7.00. The maximum Gasteiger partial charge on any atom is 0.135 e. The van der Waals surface area contributed by atoms with Gasteiger partial charge >= 0.3 is 0 Å². The van der Waals surface area contributed by atoms with Gasteiger partial charge in [-0.15, -0.1) is 11.3 Å². The third-order valence-corrected chi connectivity index (χ3v) is 1.90. The van der Waals surface area contributed by atoms with Crippen LogP contribution >= 0.6 is 11.3 Å². The number of amidine groups is 1. The van der Waals surface area contributed by atoms with Crippen molar-refractivity contribution in [3.05, 3.63) is 16.3 Å². The van der Waals surface area contributed by atoms with Gasteiger partial charge < -0.3 is 11.5 Å². The molecule has 0 atom stereocenters. The zero-order valence-corrected chi connectivity index (χ0v) is 5.53. The van der Waals surface area contributed by atoms with E-state index in [0.29, 0.717) is 10.6 Å². The average Bonchev–Trinajstić information content (AvgIpc) is 2.13. The number of nitrogen functional groups attached to an aromatic ring is 2. The molecule has 1 heterocycles. The molecule has 4 heteroatoms. The number of nitrogens with one attached hydrogen (secondary N) is 1. The first-order valence-electron chi connectivity index (χ1n) is 2.39. The second-order valence-corrected chi connectivity index (χ2v) is 2.53. The molecule has 0 bridgehead atoms. The molecule has 1 aromatic heterocycles. The highest BCUT2D eigenvalue weighted by molar-refractivity contribution is 7.12. The summed E-state index contributed by atoms with van der Waals surface area (Å²) in [5.74, 6) is 0.0440. The predicted molar refractivity (Wildman–Crippen MR) is 39.7 cm³/mol. The molecular formula is C5H7N3S. The summed E-state index contributed by atoms with van der Waals surface area (Å²) in [5, 5.41) is 8.81. The second-order valence-electron chi connectivity index (χ2n) is 1.62. The monoisotopic (exact) mass is 141 g/mol. The molecule has 0 aliphatic heterocycles. The molecule has 0 unspecified atom stereocenters. The van der Waals surface area contributed by atoms with Crippen LogP contribution in [0.25, 0.3) is 0 Å². The van der Waals surface area contributed by atoms with E-state index in [0.717, 1.165) is 0 Å². The van der Waals surface area contributed by atoms with Crippen molar-refractivity contribution in [3.63, 3.8) is 0 Å². The Hall–Kier alpha value is -1.03. The van der Waals surface area contributed by atoms with E-state index in [9.17, 15) is 0 Å². The van der Waals surface area contributed by atoms with E-state index in [1.54, 1.807) is 6.07 Å². The van der Waals surface area contributed by atoms with Crippen molar-refractivity contribution in [2.45, 2.75) is 0 Å². The lowest BCUT2D eigenvalue weighted by atomic mass is 10.4. The molecule has 5 N–H and O–H groups in total. The Balaban J connectivity index is 3.08. The standard InChI is InChI=1S/C5H7N3S/c6-3-1-2-9-4(3)5(7)8/h1-2H,6H2,(H3,7,8). The van der Waals surface area contributed by atoms with Gasteiger partial charge in [-0.3, -0.25) is 5.41 Å². The lowest BCUT2D eigenvalue weighted by molar-refractivity contribution is 1.45. The third kappa shape index (κ3) is 1.02. The van der Waals surface area contributed by atoms with Gasteiger partial charge in [0, 0.05) is 0 Å². The first-order valence-corrected chi connectivity index (χ1v) is 3.27. The molecule has 0 saturated carbocycles. The summed E-state index contributed by atoms with van der Waals surface area (Å²) in [6.07, 6.45) is 0. The van der Waals surface area contributed by atoms with E-state index in [-0.39, 0.29) is 5.84 Å². The number of hydrogen-bond donors (Lipinski definition) is 3. The average molecular weight is 141 g/mol. The molecule has 0 aliphatic rings. The van der Waals surface area contributed by atoms with Gasteiger partial charge in [-0.05, 0) is 11.4 Å². The van der Waals surface area contributed by atoms with E-state index < -0.39 is 0 Å². The molecule has 0 aromatic carbocycles. The van der Waals surface area contributed by atoms with Crippen molar-refractivity contribution in [2.24, 2.45) is 5.73 Å². The molecule has 0 radical (unpaired) electrons. The van der Waals surface area contributed by atoms with Gasteiger partial charge in [0.2, 0.25) is 0 Å². The fraction of sp³-hybridized carbons (Fsp3) is 0. The van der Waals surface area contributed by atoms with E-state index in [2.05, 4.69) is 0 Å². The number of thiophene rings is 1. The maximum absolute atomic E-state index is 7.00. The van der Waals surface area contributed by atoms with Gasteiger partial charge in [-0.1, -0.05) is 0 Å². The van der Waals surface area contributed by atoms with Crippen molar-refractivity contribution in [1.29, 1.82) is 5.41 Å². The smallest absolute Gasteiger partial charge is 0.135 e. The number of hydrogen-bond acceptors (Lipinski definition) is 3. The van der Waals surface area contributed by atoms with Gasteiger partial charge in [0.25, 0.3) is 0 Å². The van der Waals surface area contributed by atoms with Crippen LogP contribution < -0.4 is 11.5 Å². The largest absolute Gasteiger partial charge is 0.397 e. The highest BCUT2D eigenvalue weighted by Crippen LogP contribution is 2.16. The first-order chi connectivity index (χ1) is 4.22. The Labute approximate surface area is 56.8 Å². The van der Waals surface area contributed by atoms with E-state index in [1.165, 1.54) is 11.3 Å². The number of nitrogens with two attached hydrogens (primary N) is 2. The molecular weight excluding hydrogens is 134 g/mol. The lowest BCUT2D eigenvalue weighted by Gasteiger charge is -1.91. The van der Waals surface area contributed by atoms with Gasteiger partial charge in [-0.2, -0.15) is 0 Å². The molecule has 1 rings (SSSR count).